The number of piperidine rings is 1. The minimum Gasteiger partial charge on any atom is -0.480 e. The molecular weight excluding hydrogens is 264 g/mol. The topological polar surface area (TPSA) is 43.8 Å². The lowest BCUT2D eigenvalue weighted by Gasteiger charge is -2.38. The lowest BCUT2D eigenvalue weighted by molar-refractivity contribution is -0.143. The maximum atomic E-state index is 11.3. The summed E-state index contributed by atoms with van der Waals surface area (Å²) in [5.41, 5.74) is 0. The van der Waals surface area contributed by atoms with E-state index in [1.54, 1.807) is 0 Å². The number of likely N-dealkylation sites (tertiary alicyclic amines) is 2. The Labute approximate surface area is 128 Å². The molecule has 0 spiro atoms. The van der Waals surface area contributed by atoms with Gasteiger partial charge in [-0.25, -0.2) is 0 Å². The van der Waals surface area contributed by atoms with Crippen molar-refractivity contribution in [3.05, 3.63) is 12.7 Å². The third-order valence-electron chi connectivity index (χ3n) is 4.99. The van der Waals surface area contributed by atoms with Crippen molar-refractivity contribution in [2.24, 2.45) is 0 Å². The molecule has 1 unspecified atom stereocenters. The van der Waals surface area contributed by atoms with E-state index in [-0.39, 0.29) is 6.04 Å². The predicted molar refractivity (Wildman–Crippen MR) is 85.5 cm³/mol. The van der Waals surface area contributed by atoms with Gasteiger partial charge in [0.15, 0.2) is 0 Å². The van der Waals surface area contributed by atoms with Crippen LogP contribution in [0.25, 0.3) is 0 Å². The molecule has 1 N–H and O–H groups in total. The fourth-order valence-corrected chi connectivity index (χ4v) is 3.77. The van der Waals surface area contributed by atoms with E-state index in [1.165, 1.54) is 25.8 Å². The molecular formula is C17H30N2O2. The van der Waals surface area contributed by atoms with Crippen molar-refractivity contribution in [1.29, 1.82) is 0 Å². The molecule has 0 radical (unpaired) electrons. The molecule has 2 heterocycles. The second kappa shape index (κ2) is 8.54. The van der Waals surface area contributed by atoms with E-state index in [0.717, 1.165) is 51.7 Å². The van der Waals surface area contributed by atoms with Crippen LogP contribution in [0.3, 0.4) is 0 Å². The van der Waals surface area contributed by atoms with Crippen LogP contribution in [0.2, 0.25) is 0 Å². The zero-order chi connectivity index (χ0) is 15.1. The monoisotopic (exact) mass is 294 g/mol. The van der Waals surface area contributed by atoms with E-state index in [9.17, 15) is 9.90 Å². The molecule has 2 fully saturated rings. The van der Waals surface area contributed by atoms with Crippen LogP contribution < -0.4 is 0 Å². The summed E-state index contributed by atoms with van der Waals surface area (Å²) in [6.45, 7) is 8.20. The summed E-state index contributed by atoms with van der Waals surface area (Å²) in [6, 6.07) is 0.270. The first kappa shape index (κ1) is 16.5. The third-order valence-corrected chi connectivity index (χ3v) is 4.99. The molecule has 1 atom stereocenters. The highest BCUT2D eigenvalue weighted by Gasteiger charge is 2.36. The second-order valence-corrected chi connectivity index (χ2v) is 6.44. The average molecular weight is 294 g/mol. The molecule has 4 heteroatoms. The van der Waals surface area contributed by atoms with Gasteiger partial charge in [-0.05, 0) is 71.1 Å². The number of nitrogens with zero attached hydrogens (tertiary/aromatic N) is 2. The zero-order valence-electron chi connectivity index (χ0n) is 13.2. The molecule has 4 nitrogen and oxygen atoms in total. The lowest BCUT2D eigenvalue weighted by Crippen LogP contribution is -2.48. The Hall–Kier alpha value is -0.870. The van der Waals surface area contributed by atoms with Crippen molar-refractivity contribution in [3.63, 3.8) is 0 Å². The summed E-state index contributed by atoms with van der Waals surface area (Å²) in [6.07, 6.45) is 11.1. The maximum absolute atomic E-state index is 11.3. The van der Waals surface area contributed by atoms with Crippen LogP contribution in [0.4, 0.5) is 0 Å². The Balaban J connectivity index is 1.66. The molecule has 120 valence electrons. The highest BCUT2D eigenvalue weighted by atomic mass is 16.4. The number of carbonyl (C=O) groups is 1. The third kappa shape index (κ3) is 4.82. The number of carboxylic acids is 1. The summed E-state index contributed by atoms with van der Waals surface area (Å²) in [7, 11) is 0. The minimum atomic E-state index is -0.628. The normalized spacial score (nSPS) is 25.2. The Bertz CT molecular complexity index is 338. The maximum Gasteiger partial charge on any atom is 0.320 e. The first-order chi connectivity index (χ1) is 10.2. The molecule has 0 aromatic carbocycles. The first-order valence-electron chi connectivity index (χ1n) is 8.54. The van der Waals surface area contributed by atoms with Crippen molar-refractivity contribution >= 4 is 5.97 Å². The number of allylic oxidation sites excluding steroid dienone is 1. The highest BCUT2D eigenvalue weighted by molar-refractivity contribution is 5.73. The highest BCUT2D eigenvalue weighted by Crippen LogP contribution is 2.26. The van der Waals surface area contributed by atoms with E-state index < -0.39 is 5.97 Å². The molecule has 2 aliphatic rings. The van der Waals surface area contributed by atoms with Gasteiger partial charge in [-0.2, -0.15) is 0 Å². The van der Waals surface area contributed by atoms with Crippen LogP contribution in [0, 0.1) is 0 Å². The number of aliphatic carboxylic acids is 1. The van der Waals surface area contributed by atoms with Gasteiger partial charge in [0.1, 0.15) is 6.04 Å². The van der Waals surface area contributed by atoms with Gasteiger partial charge >= 0.3 is 5.97 Å². The van der Waals surface area contributed by atoms with E-state index in [4.69, 9.17) is 0 Å². The molecule has 21 heavy (non-hydrogen) atoms. The van der Waals surface area contributed by atoms with Crippen molar-refractivity contribution < 1.29 is 9.90 Å². The van der Waals surface area contributed by atoms with Gasteiger partial charge in [0.2, 0.25) is 0 Å². The van der Waals surface area contributed by atoms with E-state index in [2.05, 4.69) is 16.4 Å². The average Bonchev–Trinajstić information content (AvgIpc) is 2.97. The van der Waals surface area contributed by atoms with E-state index in [0.29, 0.717) is 6.04 Å². The lowest BCUT2D eigenvalue weighted by atomic mass is 10.0. The van der Waals surface area contributed by atoms with Gasteiger partial charge in [0, 0.05) is 6.04 Å². The summed E-state index contributed by atoms with van der Waals surface area (Å²) in [4.78, 5) is 16.1. The quantitative estimate of drug-likeness (QED) is 0.552. The first-order valence-corrected chi connectivity index (χ1v) is 8.54. The molecule has 0 saturated carbocycles. The molecule has 0 aromatic heterocycles. The molecule has 2 saturated heterocycles. The molecule has 0 bridgehead atoms. The fraction of sp³-hybridized carbons (Fsp3) is 0.824. The van der Waals surface area contributed by atoms with Crippen LogP contribution in [0.1, 0.15) is 51.4 Å². The number of hydrogen-bond acceptors (Lipinski definition) is 3. The van der Waals surface area contributed by atoms with E-state index in [1.807, 2.05) is 6.08 Å². The molecule has 0 aromatic rings. The van der Waals surface area contributed by atoms with Crippen molar-refractivity contribution in [1.82, 2.24) is 9.80 Å². The van der Waals surface area contributed by atoms with Gasteiger partial charge in [-0.1, -0.05) is 12.5 Å². The van der Waals surface area contributed by atoms with E-state index >= 15 is 0 Å². The van der Waals surface area contributed by atoms with Crippen molar-refractivity contribution in [3.8, 4) is 0 Å². The van der Waals surface area contributed by atoms with Crippen molar-refractivity contribution in [2.45, 2.75) is 63.5 Å². The molecule has 2 aliphatic heterocycles. The SMILES string of the molecule is C=CCCCCCN1CCC(N2CCCC2C(=O)O)CC1. The number of hydrogen-bond donors (Lipinski definition) is 1. The second-order valence-electron chi connectivity index (χ2n) is 6.44. The van der Waals surface area contributed by atoms with Crippen LogP contribution in [0.15, 0.2) is 12.7 Å². The minimum absolute atomic E-state index is 0.222. The Morgan fingerprint density at radius 3 is 2.57 bits per heavy atom. The van der Waals surface area contributed by atoms with Crippen LogP contribution in [-0.4, -0.2) is 59.1 Å². The van der Waals surface area contributed by atoms with Crippen LogP contribution in [-0.2, 0) is 4.79 Å². The van der Waals surface area contributed by atoms with Gasteiger partial charge in [0.25, 0.3) is 0 Å². The standard InChI is InChI=1S/C17H30N2O2/c1-2-3-4-5-6-11-18-13-9-15(10-14-18)19-12-7-8-16(19)17(20)21/h2,15-16H,1,3-14H2,(H,20,21). The smallest absolute Gasteiger partial charge is 0.320 e. The van der Waals surface area contributed by atoms with Crippen LogP contribution in [0.5, 0.6) is 0 Å². The number of carboxylic acid groups (broad SMARTS) is 1. The summed E-state index contributed by atoms with van der Waals surface area (Å²) < 4.78 is 0. The molecule has 0 amide bonds. The van der Waals surface area contributed by atoms with Gasteiger partial charge in [0.05, 0.1) is 0 Å². The Morgan fingerprint density at radius 1 is 1.14 bits per heavy atom. The number of unbranched alkanes of at least 4 members (excludes halogenated alkanes) is 3. The zero-order valence-corrected chi connectivity index (χ0v) is 13.2. The Morgan fingerprint density at radius 2 is 1.90 bits per heavy atom. The van der Waals surface area contributed by atoms with Gasteiger partial charge in [-0.3, -0.25) is 9.69 Å². The Kier molecular flexibility index (Phi) is 6.71. The summed E-state index contributed by atoms with van der Waals surface area (Å²) in [5, 5.41) is 9.29. The van der Waals surface area contributed by atoms with Crippen LogP contribution >= 0.6 is 0 Å². The predicted octanol–water partition coefficient (Wildman–Crippen LogP) is 2.75. The summed E-state index contributed by atoms with van der Waals surface area (Å²) >= 11 is 0. The van der Waals surface area contributed by atoms with Gasteiger partial charge in [-0.15, -0.1) is 6.58 Å². The molecule has 0 aliphatic carbocycles. The van der Waals surface area contributed by atoms with Gasteiger partial charge < -0.3 is 10.0 Å². The largest absolute Gasteiger partial charge is 0.480 e. The molecule has 2 rings (SSSR count). The fourth-order valence-electron chi connectivity index (χ4n) is 3.77. The van der Waals surface area contributed by atoms with Crippen molar-refractivity contribution in [2.75, 3.05) is 26.2 Å². The number of rotatable bonds is 8. The summed E-state index contributed by atoms with van der Waals surface area (Å²) in [5.74, 6) is -0.628.